The lowest BCUT2D eigenvalue weighted by Crippen LogP contribution is -2.36. The number of nitrogens with one attached hydrogen (secondary N) is 1. The van der Waals surface area contributed by atoms with E-state index < -0.39 is 0 Å². The average Bonchev–Trinajstić information content (AvgIpc) is 2.76. The summed E-state index contributed by atoms with van der Waals surface area (Å²) in [6.07, 6.45) is 2.57. The molecule has 1 aliphatic heterocycles. The number of anilines is 1. The van der Waals surface area contributed by atoms with Gasteiger partial charge in [-0.25, -0.2) is 4.98 Å². The molecule has 1 N–H and O–H groups in total. The SMILES string of the molecule is CC(=O)NC1CCN(c2ncccc2C(C)=O)C1. The van der Waals surface area contributed by atoms with Crippen LogP contribution in [0.5, 0.6) is 0 Å². The van der Waals surface area contributed by atoms with Gasteiger partial charge in [0.05, 0.1) is 5.56 Å². The first-order chi connectivity index (χ1) is 8.58. The Morgan fingerprint density at radius 3 is 2.89 bits per heavy atom. The monoisotopic (exact) mass is 247 g/mol. The number of hydrogen-bond donors (Lipinski definition) is 1. The average molecular weight is 247 g/mol. The zero-order valence-corrected chi connectivity index (χ0v) is 10.6. The Kier molecular flexibility index (Phi) is 3.60. The van der Waals surface area contributed by atoms with Gasteiger partial charge < -0.3 is 10.2 Å². The Hall–Kier alpha value is -1.91. The number of rotatable bonds is 3. The predicted molar refractivity (Wildman–Crippen MR) is 68.7 cm³/mol. The van der Waals surface area contributed by atoms with Gasteiger partial charge in [-0.3, -0.25) is 9.59 Å². The minimum absolute atomic E-state index is 0.0149. The number of carbonyl (C=O) groups excluding carboxylic acids is 2. The smallest absolute Gasteiger partial charge is 0.217 e. The van der Waals surface area contributed by atoms with Crippen LogP contribution in [0, 0.1) is 0 Å². The van der Waals surface area contributed by atoms with Crippen molar-refractivity contribution in [1.82, 2.24) is 10.3 Å². The van der Waals surface area contributed by atoms with Crippen molar-refractivity contribution in [1.29, 1.82) is 0 Å². The van der Waals surface area contributed by atoms with Crippen LogP contribution in [0.3, 0.4) is 0 Å². The number of ketones is 1. The highest BCUT2D eigenvalue weighted by Gasteiger charge is 2.26. The Balaban J connectivity index is 2.14. The summed E-state index contributed by atoms with van der Waals surface area (Å²) in [6, 6.07) is 3.70. The van der Waals surface area contributed by atoms with Crippen LogP contribution in [0.4, 0.5) is 5.82 Å². The molecule has 2 rings (SSSR count). The Labute approximate surface area is 106 Å². The minimum atomic E-state index is -0.0188. The lowest BCUT2D eigenvalue weighted by atomic mass is 10.2. The molecule has 0 aliphatic carbocycles. The van der Waals surface area contributed by atoms with Crippen molar-refractivity contribution in [2.75, 3.05) is 18.0 Å². The first-order valence-corrected chi connectivity index (χ1v) is 6.06. The van der Waals surface area contributed by atoms with Crippen molar-refractivity contribution in [2.24, 2.45) is 0 Å². The first-order valence-electron chi connectivity index (χ1n) is 6.06. The van der Waals surface area contributed by atoms with E-state index in [0.717, 1.165) is 18.8 Å². The van der Waals surface area contributed by atoms with Gasteiger partial charge in [0.15, 0.2) is 5.78 Å². The molecule has 1 amide bonds. The Morgan fingerprint density at radius 1 is 1.44 bits per heavy atom. The molecule has 0 spiro atoms. The molecule has 0 aromatic carbocycles. The summed E-state index contributed by atoms with van der Waals surface area (Å²) < 4.78 is 0. The van der Waals surface area contributed by atoms with Crippen molar-refractivity contribution >= 4 is 17.5 Å². The van der Waals surface area contributed by atoms with Gasteiger partial charge in [-0.1, -0.05) is 0 Å². The first kappa shape index (κ1) is 12.5. The molecule has 1 aliphatic rings. The summed E-state index contributed by atoms with van der Waals surface area (Å²) in [5.41, 5.74) is 0.640. The second kappa shape index (κ2) is 5.16. The van der Waals surface area contributed by atoms with E-state index in [1.165, 1.54) is 6.92 Å². The van der Waals surface area contributed by atoms with E-state index in [9.17, 15) is 9.59 Å². The number of Topliss-reactive ketones (excluding diaryl/α,β-unsaturated/α-hetero) is 1. The van der Waals surface area contributed by atoms with Gasteiger partial charge in [0, 0.05) is 32.3 Å². The minimum Gasteiger partial charge on any atom is -0.354 e. The normalized spacial score (nSPS) is 18.8. The van der Waals surface area contributed by atoms with Crippen molar-refractivity contribution in [3.05, 3.63) is 23.9 Å². The van der Waals surface area contributed by atoms with Crippen LogP contribution in [0.2, 0.25) is 0 Å². The summed E-state index contributed by atoms with van der Waals surface area (Å²) in [5, 5.41) is 2.90. The quantitative estimate of drug-likeness (QED) is 0.809. The van der Waals surface area contributed by atoms with E-state index in [-0.39, 0.29) is 17.7 Å². The Bertz CT molecular complexity index is 473. The third-order valence-electron chi connectivity index (χ3n) is 3.06. The fourth-order valence-electron chi connectivity index (χ4n) is 2.28. The third kappa shape index (κ3) is 2.67. The van der Waals surface area contributed by atoms with Gasteiger partial charge in [0.25, 0.3) is 0 Å². The van der Waals surface area contributed by atoms with Crippen LogP contribution < -0.4 is 10.2 Å². The van der Waals surface area contributed by atoms with Gasteiger partial charge in [0.2, 0.25) is 5.91 Å². The molecule has 1 aromatic heterocycles. The number of aromatic nitrogens is 1. The topological polar surface area (TPSA) is 62.3 Å². The second-order valence-electron chi connectivity index (χ2n) is 4.56. The molecule has 1 unspecified atom stereocenters. The van der Waals surface area contributed by atoms with E-state index in [1.807, 2.05) is 0 Å². The van der Waals surface area contributed by atoms with Crippen LogP contribution >= 0.6 is 0 Å². The van der Waals surface area contributed by atoms with Crippen LogP contribution in [-0.2, 0) is 4.79 Å². The van der Waals surface area contributed by atoms with Crippen molar-refractivity contribution in [3.63, 3.8) is 0 Å². The fourth-order valence-corrected chi connectivity index (χ4v) is 2.28. The summed E-state index contributed by atoms with van der Waals surface area (Å²) >= 11 is 0. The van der Waals surface area contributed by atoms with Crippen molar-refractivity contribution in [2.45, 2.75) is 26.3 Å². The molecule has 0 bridgehead atoms. The van der Waals surface area contributed by atoms with Gasteiger partial charge in [-0.05, 0) is 25.5 Å². The maximum atomic E-state index is 11.5. The lowest BCUT2D eigenvalue weighted by Gasteiger charge is -2.19. The molecular weight excluding hydrogens is 230 g/mol. The van der Waals surface area contributed by atoms with E-state index in [2.05, 4.69) is 15.2 Å². The number of pyridine rings is 1. The molecule has 1 aromatic rings. The lowest BCUT2D eigenvalue weighted by molar-refractivity contribution is -0.119. The molecule has 0 radical (unpaired) electrons. The molecule has 1 saturated heterocycles. The van der Waals surface area contributed by atoms with Crippen LogP contribution in [-0.4, -0.2) is 35.8 Å². The standard InChI is InChI=1S/C13H17N3O2/c1-9(17)12-4-3-6-14-13(12)16-7-5-11(8-16)15-10(2)18/h3-4,6,11H,5,7-8H2,1-2H3,(H,15,18). The third-order valence-corrected chi connectivity index (χ3v) is 3.06. The number of carbonyl (C=O) groups is 2. The Morgan fingerprint density at radius 2 is 2.22 bits per heavy atom. The highest BCUT2D eigenvalue weighted by Crippen LogP contribution is 2.22. The predicted octanol–water partition coefficient (Wildman–Crippen LogP) is 0.999. The van der Waals surface area contributed by atoms with Crippen LogP contribution in [0.25, 0.3) is 0 Å². The number of hydrogen-bond acceptors (Lipinski definition) is 4. The van der Waals surface area contributed by atoms with Gasteiger partial charge >= 0.3 is 0 Å². The van der Waals surface area contributed by atoms with Crippen molar-refractivity contribution < 1.29 is 9.59 Å². The molecule has 5 heteroatoms. The van der Waals surface area contributed by atoms with Gasteiger partial charge in [0.1, 0.15) is 5.82 Å². The molecule has 1 fully saturated rings. The molecule has 1 atom stereocenters. The van der Waals surface area contributed by atoms with Crippen molar-refractivity contribution in [3.8, 4) is 0 Å². The molecule has 2 heterocycles. The maximum Gasteiger partial charge on any atom is 0.217 e. The van der Waals surface area contributed by atoms with E-state index in [0.29, 0.717) is 12.1 Å². The van der Waals surface area contributed by atoms with Crippen LogP contribution in [0.15, 0.2) is 18.3 Å². The second-order valence-corrected chi connectivity index (χ2v) is 4.56. The number of amides is 1. The van der Waals surface area contributed by atoms with E-state index in [4.69, 9.17) is 0 Å². The summed E-state index contributed by atoms with van der Waals surface area (Å²) in [7, 11) is 0. The molecule has 18 heavy (non-hydrogen) atoms. The van der Waals surface area contributed by atoms with Gasteiger partial charge in [-0.15, -0.1) is 0 Å². The highest BCUT2D eigenvalue weighted by molar-refractivity contribution is 5.98. The zero-order chi connectivity index (χ0) is 13.1. The van der Waals surface area contributed by atoms with Crippen LogP contribution in [0.1, 0.15) is 30.6 Å². The van der Waals surface area contributed by atoms with E-state index >= 15 is 0 Å². The van der Waals surface area contributed by atoms with E-state index in [1.54, 1.807) is 25.3 Å². The molecule has 5 nitrogen and oxygen atoms in total. The maximum absolute atomic E-state index is 11.5. The summed E-state index contributed by atoms with van der Waals surface area (Å²) in [6.45, 7) is 4.57. The molecular formula is C13H17N3O2. The molecule has 0 saturated carbocycles. The van der Waals surface area contributed by atoms with Gasteiger partial charge in [-0.2, -0.15) is 0 Å². The zero-order valence-electron chi connectivity index (χ0n) is 10.6. The fraction of sp³-hybridized carbons (Fsp3) is 0.462. The number of nitrogens with zero attached hydrogens (tertiary/aromatic N) is 2. The largest absolute Gasteiger partial charge is 0.354 e. The summed E-state index contributed by atoms with van der Waals surface area (Å²) in [5.74, 6) is 0.716. The summed E-state index contributed by atoms with van der Waals surface area (Å²) in [4.78, 5) is 28.9. The highest BCUT2D eigenvalue weighted by atomic mass is 16.1. The molecule has 96 valence electrons.